The van der Waals surface area contributed by atoms with E-state index in [4.69, 9.17) is 5.73 Å². The molecule has 1 unspecified atom stereocenters. The van der Waals surface area contributed by atoms with E-state index in [1.165, 1.54) is 0 Å². The molecule has 118 valence electrons. The van der Waals surface area contributed by atoms with E-state index >= 15 is 0 Å². The number of nitrogens with zero attached hydrogens (tertiary/aromatic N) is 1. The fourth-order valence-corrected chi connectivity index (χ4v) is 4.29. The molecule has 1 aromatic rings. The van der Waals surface area contributed by atoms with Crippen LogP contribution in [0.25, 0.3) is 0 Å². The van der Waals surface area contributed by atoms with Crippen molar-refractivity contribution in [3.63, 3.8) is 0 Å². The number of hydrogen-bond donors (Lipinski definition) is 2. The summed E-state index contributed by atoms with van der Waals surface area (Å²) in [4.78, 5) is 0. The van der Waals surface area contributed by atoms with Crippen LogP contribution in [0.2, 0.25) is 0 Å². The van der Waals surface area contributed by atoms with Crippen LogP contribution < -0.4 is 10.5 Å². The zero-order valence-electron chi connectivity index (χ0n) is 12.6. The molecule has 0 spiro atoms. The van der Waals surface area contributed by atoms with Gasteiger partial charge in [0.25, 0.3) is 10.2 Å². The highest BCUT2D eigenvalue weighted by molar-refractivity contribution is 7.87. The van der Waals surface area contributed by atoms with Gasteiger partial charge in [-0.15, -0.1) is 0 Å². The minimum atomic E-state index is -3.52. The summed E-state index contributed by atoms with van der Waals surface area (Å²) in [5.74, 6) is 0. The molecule has 1 aliphatic heterocycles. The smallest absolute Gasteiger partial charge is 0.280 e. The first-order valence-corrected chi connectivity index (χ1v) is 8.97. The van der Waals surface area contributed by atoms with Gasteiger partial charge in [0.15, 0.2) is 0 Å². The molecule has 21 heavy (non-hydrogen) atoms. The average Bonchev–Trinajstić information content (AvgIpc) is 2.77. The topological polar surface area (TPSA) is 75.4 Å². The van der Waals surface area contributed by atoms with Gasteiger partial charge >= 0.3 is 0 Å². The van der Waals surface area contributed by atoms with Crippen molar-refractivity contribution in [2.45, 2.75) is 38.1 Å². The number of nitrogens with one attached hydrogen (secondary N) is 1. The molecule has 0 aromatic heterocycles. The third-order valence-corrected chi connectivity index (χ3v) is 5.83. The maximum Gasteiger partial charge on any atom is 0.280 e. The van der Waals surface area contributed by atoms with Crippen LogP contribution in [-0.4, -0.2) is 32.4 Å². The molecule has 0 radical (unpaired) electrons. The van der Waals surface area contributed by atoms with Crippen molar-refractivity contribution in [1.82, 2.24) is 9.03 Å². The monoisotopic (exact) mass is 311 g/mol. The summed E-state index contributed by atoms with van der Waals surface area (Å²) in [6.45, 7) is 3.22. The van der Waals surface area contributed by atoms with Gasteiger partial charge in [-0.25, -0.2) is 0 Å². The van der Waals surface area contributed by atoms with Gasteiger partial charge < -0.3 is 5.73 Å². The maximum atomic E-state index is 12.6. The number of benzene rings is 1. The Morgan fingerprint density at radius 3 is 2.24 bits per heavy atom. The molecular formula is C15H25N3O2S. The standard InChI is InChI=1S/C15H25N3O2S/c1-15(13-16,14-9-5-4-6-10-14)17-21(19,20)18-11-7-2-3-8-12-18/h4-6,9-10,17H,2-3,7-8,11-13,16H2,1H3. The molecule has 2 rings (SSSR count). The Morgan fingerprint density at radius 1 is 1.14 bits per heavy atom. The van der Waals surface area contributed by atoms with Crippen LogP contribution >= 0.6 is 0 Å². The van der Waals surface area contributed by atoms with E-state index in [9.17, 15) is 8.42 Å². The van der Waals surface area contributed by atoms with Gasteiger partial charge in [0.2, 0.25) is 0 Å². The van der Waals surface area contributed by atoms with Gasteiger partial charge in [0.1, 0.15) is 0 Å². The van der Waals surface area contributed by atoms with E-state index in [1.54, 1.807) is 4.31 Å². The SMILES string of the molecule is CC(CN)(NS(=O)(=O)N1CCCCCC1)c1ccccc1. The first-order chi connectivity index (χ1) is 9.98. The summed E-state index contributed by atoms with van der Waals surface area (Å²) < 4.78 is 29.6. The second-order valence-electron chi connectivity index (χ2n) is 5.82. The minimum Gasteiger partial charge on any atom is -0.328 e. The lowest BCUT2D eigenvalue weighted by atomic mass is 9.94. The lowest BCUT2D eigenvalue weighted by Crippen LogP contribution is -2.53. The van der Waals surface area contributed by atoms with Crippen molar-refractivity contribution in [3.05, 3.63) is 35.9 Å². The normalized spacial score (nSPS) is 20.7. The second-order valence-corrected chi connectivity index (χ2v) is 7.49. The van der Waals surface area contributed by atoms with Gasteiger partial charge in [0.05, 0.1) is 5.54 Å². The van der Waals surface area contributed by atoms with Crippen LogP contribution in [0.3, 0.4) is 0 Å². The van der Waals surface area contributed by atoms with Crippen LogP contribution in [0.15, 0.2) is 30.3 Å². The lowest BCUT2D eigenvalue weighted by molar-refractivity contribution is 0.377. The fourth-order valence-electron chi connectivity index (χ4n) is 2.66. The van der Waals surface area contributed by atoms with E-state index in [0.29, 0.717) is 13.1 Å². The second kappa shape index (κ2) is 6.87. The average molecular weight is 311 g/mol. The van der Waals surface area contributed by atoms with Gasteiger partial charge in [-0.3, -0.25) is 0 Å². The van der Waals surface area contributed by atoms with Crippen molar-refractivity contribution < 1.29 is 8.42 Å². The molecule has 0 aliphatic carbocycles. The summed E-state index contributed by atoms with van der Waals surface area (Å²) in [6, 6.07) is 9.49. The molecule has 1 heterocycles. The quantitative estimate of drug-likeness (QED) is 0.867. The van der Waals surface area contributed by atoms with Crippen LogP contribution in [0.5, 0.6) is 0 Å². The van der Waals surface area contributed by atoms with E-state index in [-0.39, 0.29) is 6.54 Å². The molecule has 1 atom stereocenters. The summed E-state index contributed by atoms with van der Waals surface area (Å²) in [6.07, 6.45) is 4.04. The molecule has 0 amide bonds. The highest BCUT2D eigenvalue weighted by atomic mass is 32.2. The Morgan fingerprint density at radius 2 is 1.71 bits per heavy atom. The third-order valence-electron chi connectivity index (χ3n) is 4.08. The predicted molar refractivity (Wildman–Crippen MR) is 84.9 cm³/mol. The number of hydrogen-bond acceptors (Lipinski definition) is 3. The van der Waals surface area contributed by atoms with Crippen LogP contribution in [-0.2, 0) is 15.7 Å². The van der Waals surface area contributed by atoms with Gasteiger partial charge in [-0.2, -0.15) is 17.4 Å². The molecule has 1 saturated heterocycles. The summed E-state index contributed by atoms with van der Waals surface area (Å²) in [5, 5.41) is 0. The van der Waals surface area contributed by atoms with Gasteiger partial charge in [-0.05, 0) is 25.3 Å². The zero-order chi connectivity index (χ0) is 15.3. The van der Waals surface area contributed by atoms with E-state index < -0.39 is 15.7 Å². The molecule has 1 fully saturated rings. The van der Waals surface area contributed by atoms with Crippen LogP contribution in [0, 0.1) is 0 Å². The molecular weight excluding hydrogens is 286 g/mol. The minimum absolute atomic E-state index is 0.212. The zero-order valence-corrected chi connectivity index (χ0v) is 13.4. The number of nitrogens with two attached hydrogens (primary N) is 1. The molecule has 6 heteroatoms. The highest BCUT2D eigenvalue weighted by Crippen LogP contribution is 2.22. The Labute approximate surface area is 127 Å². The van der Waals surface area contributed by atoms with Crippen molar-refractivity contribution in [1.29, 1.82) is 0 Å². The Bertz CT molecular complexity index is 539. The summed E-state index contributed by atoms with van der Waals surface area (Å²) in [5.41, 5.74) is 5.96. The third kappa shape index (κ3) is 4.03. The van der Waals surface area contributed by atoms with Crippen LogP contribution in [0.1, 0.15) is 38.2 Å². The first kappa shape index (κ1) is 16.4. The molecule has 5 nitrogen and oxygen atoms in total. The molecule has 1 aliphatic rings. The van der Waals surface area contributed by atoms with Gasteiger partial charge in [-0.1, -0.05) is 43.2 Å². The van der Waals surface area contributed by atoms with Crippen molar-refractivity contribution in [2.75, 3.05) is 19.6 Å². The van der Waals surface area contributed by atoms with Crippen molar-refractivity contribution >= 4 is 10.2 Å². The van der Waals surface area contributed by atoms with Crippen molar-refractivity contribution in [2.24, 2.45) is 5.73 Å². The first-order valence-electron chi connectivity index (χ1n) is 7.52. The maximum absolute atomic E-state index is 12.6. The van der Waals surface area contributed by atoms with E-state index in [2.05, 4.69) is 4.72 Å². The lowest BCUT2D eigenvalue weighted by Gasteiger charge is -2.32. The molecule has 0 bridgehead atoms. The molecule has 0 saturated carbocycles. The Balaban J connectivity index is 2.20. The molecule has 3 N–H and O–H groups in total. The highest BCUT2D eigenvalue weighted by Gasteiger charge is 2.33. The Hall–Kier alpha value is -0.950. The van der Waals surface area contributed by atoms with Crippen LogP contribution in [0.4, 0.5) is 0 Å². The largest absolute Gasteiger partial charge is 0.328 e. The van der Waals surface area contributed by atoms with E-state index in [1.807, 2.05) is 37.3 Å². The predicted octanol–water partition coefficient (Wildman–Crippen LogP) is 1.57. The molecule has 1 aromatic carbocycles. The Kier molecular flexibility index (Phi) is 5.37. The fraction of sp³-hybridized carbons (Fsp3) is 0.600. The van der Waals surface area contributed by atoms with Crippen molar-refractivity contribution in [3.8, 4) is 0 Å². The summed E-state index contributed by atoms with van der Waals surface area (Å²) in [7, 11) is -3.52. The summed E-state index contributed by atoms with van der Waals surface area (Å²) >= 11 is 0. The van der Waals surface area contributed by atoms with Gasteiger partial charge in [0, 0.05) is 19.6 Å². The number of rotatable bonds is 5. The van der Waals surface area contributed by atoms with E-state index in [0.717, 1.165) is 31.2 Å².